The predicted octanol–water partition coefficient (Wildman–Crippen LogP) is 4.96. The van der Waals surface area contributed by atoms with Crippen LogP contribution in [-0.4, -0.2) is 30.5 Å². The summed E-state index contributed by atoms with van der Waals surface area (Å²) in [5, 5.41) is 0. The summed E-state index contributed by atoms with van der Waals surface area (Å²) in [6.07, 6.45) is -0.0220. The summed E-state index contributed by atoms with van der Waals surface area (Å²) < 4.78 is 39.2. The Morgan fingerprint density at radius 3 is 2.31 bits per heavy atom. The number of halogens is 2. The van der Waals surface area contributed by atoms with Crippen LogP contribution in [0.2, 0.25) is 0 Å². The van der Waals surface area contributed by atoms with Gasteiger partial charge in [0, 0.05) is 23.6 Å². The highest BCUT2D eigenvalue weighted by molar-refractivity contribution is 5.95. The number of esters is 1. The first-order chi connectivity index (χ1) is 15.2. The number of hydrogen-bond donors (Lipinski definition) is 0. The third-order valence-corrected chi connectivity index (χ3v) is 5.49. The SMILES string of the molecule is COc1ccc(C2CC(=O)N(Cc3c(F)cccc3F)C(C)=C2C(=O)OCC(C)C)cc1. The minimum Gasteiger partial charge on any atom is -0.497 e. The first-order valence-electron chi connectivity index (χ1n) is 10.5. The number of carbonyl (C=O) groups excluding carboxylic acids is 2. The Kier molecular flexibility index (Phi) is 7.28. The van der Waals surface area contributed by atoms with Gasteiger partial charge in [-0.2, -0.15) is 0 Å². The van der Waals surface area contributed by atoms with E-state index in [-0.39, 0.29) is 37.0 Å². The molecule has 1 unspecified atom stereocenters. The monoisotopic (exact) mass is 443 g/mol. The van der Waals surface area contributed by atoms with Crippen LogP contribution in [-0.2, 0) is 20.9 Å². The summed E-state index contributed by atoms with van der Waals surface area (Å²) in [6.45, 7) is 5.37. The van der Waals surface area contributed by atoms with Crippen LogP contribution in [0.3, 0.4) is 0 Å². The molecule has 0 fully saturated rings. The van der Waals surface area contributed by atoms with E-state index in [9.17, 15) is 18.4 Å². The van der Waals surface area contributed by atoms with Crippen LogP contribution in [0.15, 0.2) is 53.7 Å². The molecule has 0 radical (unpaired) electrons. The molecule has 0 aliphatic carbocycles. The van der Waals surface area contributed by atoms with Crippen LogP contribution in [0.5, 0.6) is 5.75 Å². The van der Waals surface area contributed by atoms with Gasteiger partial charge in [-0.3, -0.25) is 4.79 Å². The lowest BCUT2D eigenvalue weighted by Gasteiger charge is -2.34. The molecule has 170 valence electrons. The lowest BCUT2D eigenvalue weighted by atomic mass is 9.83. The van der Waals surface area contributed by atoms with Crippen molar-refractivity contribution in [3.63, 3.8) is 0 Å². The molecule has 7 heteroatoms. The van der Waals surface area contributed by atoms with Gasteiger partial charge in [-0.15, -0.1) is 0 Å². The summed E-state index contributed by atoms with van der Waals surface area (Å²) in [4.78, 5) is 27.4. The molecule has 32 heavy (non-hydrogen) atoms. The van der Waals surface area contributed by atoms with Crippen LogP contribution >= 0.6 is 0 Å². The molecule has 0 spiro atoms. The summed E-state index contributed by atoms with van der Waals surface area (Å²) in [7, 11) is 1.55. The molecule has 1 amide bonds. The summed E-state index contributed by atoms with van der Waals surface area (Å²) in [5.41, 5.74) is 1.18. The fraction of sp³-hybridized carbons (Fsp3) is 0.360. The zero-order valence-electron chi connectivity index (χ0n) is 18.7. The van der Waals surface area contributed by atoms with Gasteiger partial charge < -0.3 is 14.4 Å². The summed E-state index contributed by atoms with van der Waals surface area (Å²) in [6, 6.07) is 10.7. The van der Waals surface area contributed by atoms with Gasteiger partial charge in [0.25, 0.3) is 0 Å². The second kappa shape index (κ2) is 9.94. The molecule has 1 aliphatic heterocycles. The van der Waals surface area contributed by atoms with Gasteiger partial charge in [0.05, 0.1) is 25.8 Å². The third kappa shape index (κ3) is 4.98. The summed E-state index contributed by atoms with van der Waals surface area (Å²) >= 11 is 0. The molecule has 2 aromatic rings. The number of allylic oxidation sites excluding steroid dienone is 1. The number of nitrogens with zero attached hydrogens (tertiary/aromatic N) is 1. The highest BCUT2D eigenvalue weighted by atomic mass is 19.1. The smallest absolute Gasteiger partial charge is 0.336 e. The van der Waals surface area contributed by atoms with Crippen molar-refractivity contribution in [1.82, 2.24) is 4.90 Å². The van der Waals surface area contributed by atoms with Crippen LogP contribution < -0.4 is 4.74 Å². The van der Waals surface area contributed by atoms with E-state index in [1.807, 2.05) is 13.8 Å². The van der Waals surface area contributed by atoms with Gasteiger partial charge in [-0.1, -0.05) is 32.0 Å². The van der Waals surface area contributed by atoms with E-state index in [2.05, 4.69) is 0 Å². The van der Waals surface area contributed by atoms with E-state index < -0.39 is 23.5 Å². The van der Waals surface area contributed by atoms with E-state index in [0.717, 1.165) is 17.7 Å². The average molecular weight is 443 g/mol. The van der Waals surface area contributed by atoms with Crippen molar-refractivity contribution in [2.75, 3.05) is 13.7 Å². The van der Waals surface area contributed by atoms with Crippen LogP contribution in [0.4, 0.5) is 8.78 Å². The number of carbonyl (C=O) groups is 2. The first-order valence-corrected chi connectivity index (χ1v) is 10.5. The molecule has 0 bridgehead atoms. The van der Waals surface area contributed by atoms with Crippen LogP contribution in [0.25, 0.3) is 0 Å². The standard InChI is InChI=1S/C25H27F2NO4/c1-15(2)14-32-25(30)24-16(3)28(13-20-21(26)6-5-7-22(20)27)23(29)12-19(24)17-8-10-18(31-4)11-9-17/h5-11,15,19H,12-14H2,1-4H3. The van der Waals surface area contributed by atoms with E-state index in [4.69, 9.17) is 9.47 Å². The van der Waals surface area contributed by atoms with Crippen LogP contribution in [0, 0.1) is 17.6 Å². The Bertz CT molecular complexity index is 1010. The van der Waals surface area contributed by atoms with Crippen molar-refractivity contribution in [1.29, 1.82) is 0 Å². The molecule has 1 aliphatic rings. The number of methoxy groups -OCH3 is 1. The highest BCUT2D eigenvalue weighted by Gasteiger charge is 2.37. The molecule has 0 N–H and O–H groups in total. The molecule has 2 aromatic carbocycles. The van der Waals surface area contributed by atoms with Gasteiger partial charge in [0.15, 0.2) is 0 Å². The largest absolute Gasteiger partial charge is 0.497 e. The molecule has 0 saturated carbocycles. The quantitative estimate of drug-likeness (QED) is 0.568. The normalized spacial score (nSPS) is 16.5. The highest BCUT2D eigenvalue weighted by Crippen LogP contribution is 2.38. The second-order valence-corrected chi connectivity index (χ2v) is 8.20. The first kappa shape index (κ1) is 23.4. The van der Waals surface area contributed by atoms with Crippen molar-refractivity contribution >= 4 is 11.9 Å². The number of ether oxygens (including phenoxy) is 2. The minimum absolute atomic E-state index is 0.0220. The molecule has 0 aromatic heterocycles. The zero-order chi connectivity index (χ0) is 23.4. The van der Waals surface area contributed by atoms with Crippen molar-refractivity contribution in [3.8, 4) is 5.75 Å². The minimum atomic E-state index is -0.744. The number of amides is 1. The Morgan fingerprint density at radius 1 is 1.12 bits per heavy atom. The lowest BCUT2D eigenvalue weighted by molar-refractivity contribution is -0.141. The Balaban J connectivity index is 2.03. The van der Waals surface area contributed by atoms with Crippen molar-refractivity contribution < 1.29 is 27.8 Å². The topological polar surface area (TPSA) is 55.8 Å². The van der Waals surface area contributed by atoms with Crippen molar-refractivity contribution in [2.45, 2.75) is 39.7 Å². The number of rotatable bonds is 7. The number of benzene rings is 2. The van der Waals surface area contributed by atoms with Gasteiger partial charge in [0.2, 0.25) is 5.91 Å². The fourth-order valence-electron chi connectivity index (χ4n) is 3.75. The molecular weight excluding hydrogens is 416 g/mol. The molecule has 1 heterocycles. The van der Waals surface area contributed by atoms with E-state index >= 15 is 0 Å². The van der Waals surface area contributed by atoms with Gasteiger partial charge in [0.1, 0.15) is 17.4 Å². The maximum atomic E-state index is 14.2. The average Bonchev–Trinajstić information content (AvgIpc) is 2.76. The summed E-state index contributed by atoms with van der Waals surface area (Å²) in [5.74, 6) is -2.10. The molecule has 1 atom stereocenters. The Hall–Kier alpha value is -3.22. The maximum Gasteiger partial charge on any atom is 0.336 e. The van der Waals surface area contributed by atoms with Crippen molar-refractivity contribution in [2.24, 2.45) is 5.92 Å². The Morgan fingerprint density at radius 2 is 1.75 bits per heavy atom. The van der Waals surface area contributed by atoms with Gasteiger partial charge in [-0.05, 0) is 42.7 Å². The third-order valence-electron chi connectivity index (χ3n) is 5.49. The molecule has 5 nitrogen and oxygen atoms in total. The van der Waals surface area contributed by atoms with E-state index in [1.165, 1.54) is 11.0 Å². The maximum absolute atomic E-state index is 14.2. The van der Waals surface area contributed by atoms with Gasteiger partial charge in [-0.25, -0.2) is 13.6 Å². The Labute approximate surface area is 186 Å². The van der Waals surface area contributed by atoms with E-state index in [0.29, 0.717) is 17.0 Å². The van der Waals surface area contributed by atoms with E-state index in [1.54, 1.807) is 38.3 Å². The molecule has 3 rings (SSSR count). The predicted molar refractivity (Wildman–Crippen MR) is 116 cm³/mol. The lowest BCUT2D eigenvalue weighted by Crippen LogP contribution is -2.38. The number of hydrogen-bond acceptors (Lipinski definition) is 4. The molecule has 0 saturated heterocycles. The second-order valence-electron chi connectivity index (χ2n) is 8.20. The van der Waals surface area contributed by atoms with Gasteiger partial charge >= 0.3 is 5.97 Å². The van der Waals surface area contributed by atoms with Crippen LogP contribution in [0.1, 0.15) is 44.2 Å². The molecular formula is C25H27F2NO4. The van der Waals surface area contributed by atoms with Crippen molar-refractivity contribution in [3.05, 3.63) is 76.5 Å². The fourth-order valence-corrected chi connectivity index (χ4v) is 3.75. The zero-order valence-corrected chi connectivity index (χ0v) is 18.7.